The molecule has 1 amide bonds. The Balaban J connectivity index is 1.96. The Morgan fingerprint density at radius 1 is 1.04 bits per heavy atom. The lowest BCUT2D eigenvalue weighted by molar-refractivity contribution is -0.122. The summed E-state index contributed by atoms with van der Waals surface area (Å²) >= 11 is 0. The summed E-state index contributed by atoms with van der Waals surface area (Å²) in [5, 5.41) is 2.94. The van der Waals surface area contributed by atoms with Crippen molar-refractivity contribution in [3.05, 3.63) is 70.3 Å². The van der Waals surface area contributed by atoms with Gasteiger partial charge in [0.2, 0.25) is 5.91 Å². The van der Waals surface area contributed by atoms with E-state index < -0.39 is 17.7 Å². The molecule has 0 radical (unpaired) electrons. The molecule has 5 heteroatoms. The molecule has 0 unspecified atom stereocenters. The number of rotatable bonds is 3. The van der Waals surface area contributed by atoms with Crippen LogP contribution in [0.1, 0.15) is 54.2 Å². The van der Waals surface area contributed by atoms with Crippen LogP contribution in [-0.2, 0) is 9.53 Å². The Labute approximate surface area is 152 Å². The van der Waals surface area contributed by atoms with Crippen molar-refractivity contribution >= 4 is 5.91 Å². The largest absolute Gasteiger partial charge is 0.365 e. The van der Waals surface area contributed by atoms with E-state index in [2.05, 4.69) is 5.32 Å². The summed E-state index contributed by atoms with van der Waals surface area (Å²) < 4.78 is 33.6. The topological polar surface area (TPSA) is 38.3 Å². The van der Waals surface area contributed by atoms with Crippen LogP contribution >= 0.6 is 0 Å². The molecule has 3 rings (SSSR count). The highest BCUT2D eigenvalue weighted by Crippen LogP contribution is 2.41. The van der Waals surface area contributed by atoms with Gasteiger partial charge in [-0.2, -0.15) is 0 Å². The van der Waals surface area contributed by atoms with E-state index in [0.29, 0.717) is 18.4 Å². The molecule has 2 aromatic rings. The Morgan fingerprint density at radius 2 is 1.62 bits per heavy atom. The first-order valence-electron chi connectivity index (χ1n) is 8.78. The average Bonchev–Trinajstić information content (AvgIpc) is 2.53. The first-order chi connectivity index (χ1) is 12.3. The summed E-state index contributed by atoms with van der Waals surface area (Å²) in [6.45, 7) is 5.51. The predicted molar refractivity (Wildman–Crippen MR) is 95.7 cm³/mol. The van der Waals surface area contributed by atoms with E-state index in [-0.39, 0.29) is 18.1 Å². The van der Waals surface area contributed by atoms with Gasteiger partial charge in [0, 0.05) is 19.0 Å². The maximum Gasteiger partial charge on any atom is 0.217 e. The van der Waals surface area contributed by atoms with Crippen LogP contribution < -0.4 is 5.32 Å². The van der Waals surface area contributed by atoms with Gasteiger partial charge in [0.05, 0.1) is 12.2 Å². The van der Waals surface area contributed by atoms with Crippen molar-refractivity contribution in [1.82, 2.24) is 5.32 Å². The van der Waals surface area contributed by atoms with Gasteiger partial charge < -0.3 is 10.1 Å². The minimum absolute atomic E-state index is 0.124. The van der Waals surface area contributed by atoms with Crippen molar-refractivity contribution in [1.29, 1.82) is 0 Å². The first-order valence-corrected chi connectivity index (χ1v) is 8.78. The minimum Gasteiger partial charge on any atom is -0.365 e. The number of amides is 1. The highest BCUT2D eigenvalue weighted by atomic mass is 19.1. The van der Waals surface area contributed by atoms with Gasteiger partial charge in [-0.3, -0.25) is 4.79 Å². The van der Waals surface area contributed by atoms with E-state index in [1.807, 2.05) is 32.0 Å². The molecule has 0 aliphatic carbocycles. The Bertz CT molecular complexity index is 781. The summed E-state index contributed by atoms with van der Waals surface area (Å²) in [7, 11) is 0. The monoisotopic (exact) mass is 359 g/mol. The van der Waals surface area contributed by atoms with Gasteiger partial charge >= 0.3 is 0 Å². The van der Waals surface area contributed by atoms with E-state index >= 15 is 0 Å². The number of benzene rings is 2. The second-order valence-electron chi connectivity index (χ2n) is 6.99. The number of nitrogens with one attached hydrogen (secondary N) is 1. The van der Waals surface area contributed by atoms with Crippen molar-refractivity contribution in [3.63, 3.8) is 0 Å². The SMILES string of the molecule is CC(=O)N[C@H]1C[C@@H](c2cc(F)cc(F)c2)O[C@@H](c2c(C)cccc2C)C1. The number of ether oxygens (including phenoxy) is 1. The molecule has 0 saturated carbocycles. The molecule has 1 aliphatic rings. The predicted octanol–water partition coefficient (Wildman–Crippen LogP) is 4.68. The second kappa shape index (κ2) is 7.54. The van der Waals surface area contributed by atoms with Crippen LogP contribution in [0.25, 0.3) is 0 Å². The lowest BCUT2D eigenvalue weighted by Gasteiger charge is -2.37. The average molecular weight is 359 g/mol. The Hall–Kier alpha value is -2.27. The molecule has 0 aromatic heterocycles. The van der Waals surface area contributed by atoms with Crippen molar-refractivity contribution in [2.45, 2.75) is 51.9 Å². The molecule has 1 N–H and O–H groups in total. The van der Waals surface area contributed by atoms with Crippen LogP contribution in [0.5, 0.6) is 0 Å². The molecule has 0 spiro atoms. The fourth-order valence-corrected chi connectivity index (χ4v) is 3.82. The summed E-state index contributed by atoms with van der Waals surface area (Å²) in [5.74, 6) is -1.39. The molecule has 1 aliphatic heterocycles. The van der Waals surface area contributed by atoms with Gasteiger partial charge in [0.25, 0.3) is 0 Å². The second-order valence-corrected chi connectivity index (χ2v) is 6.99. The maximum absolute atomic E-state index is 13.7. The number of hydrogen-bond acceptors (Lipinski definition) is 2. The van der Waals surface area contributed by atoms with Gasteiger partial charge in [0.15, 0.2) is 0 Å². The summed E-state index contributed by atoms with van der Waals surface area (Å²) in [6, 6.07) is 9.34. The number of hydrogen-bond donors (Lipinski definition) is 1. The van der Waals surface area contributed by atoms with E-state index in [1.165, 1.54) is 19.1 Å². The van der Waals surface area contributed by atoms with Crippen molar-refractivity contribution in [3.8, 4) is 0 Å². The number of carbonyl (C=O) groups excluding carboxylic acids is 1. The van der Waals surface area contributed by atoms with Crippen molar-refractivity contribution in [2.24, 2.45) is 0 Å². The maximum atomic E-state index is 13.7. The minimum atomic E-state index is -0.631. The third-order valence-corrected chi connectivity index (χ3v) is 4.85. The Morgan fingerprint density at radius 3 is 2.19 bits per heavy atom. The fourth-order valence-electron chi connectivity index (χ4n) is 3.82. The molecule has 1 heterocycles. The smallest absolute Gasteiger partial charge is 0.217 e. The van der Waals surface area contributed by atoms with Crippen LogP contribution in [0.15, 0.2) is 36.4 Å². The number of aryl methyl sites for hydroxylation is 2. The summed E-state index contributed by atoms with van der Waals surface area (Å²) in [6.07, 6.45) is 0.358. The third kappa shape index (κ3) is 4.10. The van der Waals surface area contributed by atoms with Crippen LogP contribution in [-0.4, -0.2) is 11.9 Å². The van der Waals surface area contributed by atoms with Crippen LogP contribution in [0.3, 0.4) is 0 Å². The van der Waals surface area contributed by atoms with E-state index in [1.54, 1.807) is 0 Å². The zero-order chi connectivity index (χ0) is 18.8. The molecular formula is C21H23F2NO2. The van der Waals surface area contributed by atoms with E-state index in [9.17, 15) is 13.6 Å². The van der Waals surface area contributed by atoms with Gasteiger partial charge in [-0.25, -0.2) is 8.78 Å². The third-order valence-electron chi connectivity index (χ3n) is 4.85. The zero-order valence-electron chi connectivity index (χ0n) is 15.2. The Kier molecular flexibility index (Phi) is 5.37. The van der Waals surface area contributed by atoms with Crippen LogP contribution in [0.2, 0.25) is 0 Å². The van der Waals surface area contributed by atoms with Gasteiger partial charge in [-0.05, 0) is 61.1 Å². The highest BCUT2D eigenvalue weighted by Gasteiger charge is 2.33. The molecule has 2 aromatic carbocycles. The molecule has 3 atom stereocenters. The molecular weight excluding hydrogens is 336 g/mol. The molecule has 138 valence electrons. The van der Waals surface area contributed by atoms with Crippen LogP contribution in [0, 0.1) is 25.5 Å². The number of halogens is 2. The normalized spacial score (nSPS) is 22.9. The summed E-state index contributed by atoms with van der Waals surface area (Å²) in [5.41, 5.74) is 3.73. The zero-order valence-corrected chi connectivity index (χ0v) is 15.2. The lowest BCUT2D eigenvalue weighted by atomic mass is 9.88. The summed E-state index contributed by atoms with van der Waals surface area (Å²) in [4.78, 5) is 11.6. The standard InChI is InChI=1S/C21H23F2NO2/c1-12-5-4-6-13(2)21(12)20-11-18(24-14(3)25)10-19(26-20)15-7-16(22)9-17(23)8-15/h4-9,18-20H,10-11H2,1-3H3,(H,24,25)/t18-,19-,20+/m0/s1. The van der Waals surface area contributed by atoms with E-state index in [4.69, 9.17) is 4.74 Å². The molecule has 1 saturated heterocycles. The number of carbonyl (C=O) groups is 1. The van der Waals surface area contributed by atoms with Gasteiger partial charge in [-0.15, -0.1) is 0 Å². The molecule has 0 bridgehead atoms. The fraction of sp³-hybridized carbons (Fsp3) is 0.381. The van der Waals surface area contributed by atoms with Crippen molar-refractivity contribution in [2.75, 3.05) is 0 Å². The van der Waals surface area contributed by atoms with Gasteiger partial charge in [-0.1, -0.05) is 18.2 Å². The molecule has 1 fully saturated rings. The quantitative estimate of drug-likeness (QED) is 0.864. The van der Waals surface area contributed by atoms with Crippen LogP contribution in [0.4, 0.5) is 8.78 Å². The molecule has 3 nitrogen and oxygen atoms in total. The highest BCUT2D eigenvalue weighted by molar-refractivity contribution is 5.73. The first kappa shape index (κ1) is 18.5. The van der Waals surface area contributed by atoms with Crippen molar-refractivity contribution < 1.29 is 18.3 Å². The lowest BCUT2D eigenvalue weighted by Crippen LogP contribution is -2.40. The van der Waals surface area contributed by atoms with Gasteiger partial charge in [0.1, 0.15) is 11.6 Å². The van der Waals surface area contributed by atoms with E-state index in [0.717, 1.165) is 22.8 Å². The molecule has 26 heavy (non-hydrogen) atoms.